The summed E-state index contributed by atoms with van der Waals surface area (Å²) >= 11 is 3.66. The van der Waals surface area contributed by atoms with Gasteiger partial charge in [0.15, 0.2) is 5.16 Å². The Morgan fingerprint density at radius 2 is 2.03 bits per heavy atom. The molecule has 0 unspecified atom stereocenters. The van der Waals surface area contributed by atoms with Crippen LogP contribution in [0.1, 0.15) is 47.2 Å². The van der Waals surface area contributed by atoms with Gasteiger partial charge in [0.1, 0.15) is 11.6 Å². The topological polar surface area (TPSA) is 52.4 Å². The van der Waals surface area contributed by atoms with Gasteiger partial charge in [-0.05, 0) is 70.0 Å². The van der Waals surface area contributed by atoms with E-state index in [1.165, 1.54) is 9.75 Å². The molecule has 5 rings (SSSR count). The van der Waals surface area contributed by atoms with Crippen molar-refractivity contribution < 1.29 is 9.47 Å². The van der Waals surface area contributed by atoms with Gasteiger partial charge >= 0.3 is 0 Å². The third-order valence-electron chi connectivity index (χ3n) is 6.52. The number of likely N-dealkylation sites (tertiary alicyclic amines) is 1. The Morgan fingerprint density at radius 1 is 1.15 bits per heavy atom. The number of hydrogen-bond acceptors (Lipinski definition) is 7. The SMILES string of the molecule is COc1cccc(-n2c(SC[C@@H]3CCCO3)nnc2C2CCN(Cc3ccc(C)s3)CC2)c1. The van der Waals surface area contributed by atoms with Crippen LogP contribution in [0.3, 0.4) is 0 Å². The number of thiophene rings is 1. The van der Waals surface area contributed by atoms with E-state index in [0.29, 0.717) is 12.0 Å². The second-order valence-corrected chi connectivity index (χ2v) is 11.2. The minimum absolute atomic E-state index is 0.318. The molecule has 0 N–H and O–H groups in total. The maximum absolute atomic E-state index is 5.84. The van der Waals surface area contributed by atoms with E-state index in [4.69, 9.17) is 14.6 Å². The molecular formula is C25H32N4O2S2. The van der Waals surface area contributed by atoms with Gasteiger partial charge in [0.2, 0.25) is 0 Å². The van der Waals surface area contributed by atoms with Crippen LogP contribution in [0.15, 0.2) is 41.6 Å². The second-order valence-electron chi connectivity index (χ2n) is 8.89. The number of methoxy groups -OCH3 is 1. The molecule has 2 aliphatic rings. The zero-order valence-electron chi connectivity index (χ0n) is 19.4. The average molecular weight is 485 g/mol. The van der Waals surface area contributed by atoms with Crippen LogP contribution in [0.25, 0.3) is 5.69 Å². The lowest BCUT2D eigenvalue weighted by atomic mass is 9.95. The highest BCUT2D eigenvalue weighted by molar-refractivity contribution is 7.99. The number of aromatic nitrogens is 3. The van der Waals surface area contributed by atoms with E-state index in [1.54, 1.807) is 18.9 Å². The van der Waals surface area contributed by atoms with Crippen molar-refractivity contribution >= 4 is 23.1 Å². The second kappa shape index (κ2) is 10.6. The zero-order valence-corrected chi connectivity index (χ0v) is 21.0. The number of thioether (sulfide) groups is 1. The maximum atomic E-state index is 5.84. The Labute approximate surface area is 204 Å². The fourth-order valence-corrected chi connectivity index (χ4v) is 6.67. The van der Waals surface area contributed by atoms with E-state index in [9.17, 15) is 0 Å². The Kier molecular flexibility index (Phi) is 7.35. The highest BCUT2D eigenvalue weighted by atomic mass is 32.2. The van der Waals surface area contributed by atoms with E-state index < -0.39 is 0 Å². The molecule has 4 heterocycles. The summed E-state index contributed by atoms with van der Waals surface area (Å²) in [7, 11) is 1.71. The lowest BCUT2D eigenvalue weighted by molar-refractivity contribution is 0.129. The van der Waals surface area contributed by atoms with Gasteiger partial charge < -0.3 is 9.47 Å². The highest BCUT2D eigenvalue weighted by Gasteiger charge is 2.28. The minimum atomic E-state index is 0.318. The summed E-state index contributed by atoms with van der Waals surface area (Å²) in [5, 5.41) is 10.3. The molecule has 0 saturated carbocycles. The van der Waals surface area contributed by atoms with Crippen LogP contribution in [-0.2, 0) is 11.3 Å². The van der Waals surface area contributed by atoms with E-state index in [1.807, 2.05) is 23.5 Å². The third-order valence-corrected chi connectivity index (χ3v) is 8.57. The molecule has 2 aromatic heterocycles. The first-order valence-electron chi connectivity index (χ1n) is 11.8. The predicted octanol–water partition coefficient (Wildman–Crippen LogP) is 5.30. The lowest BCUT2D eigenvalue weighted by Crippen LogP contribution is -2.33. The van der Waals surface area contributed by atoms with Crippen molar-refractivity contribution in [3.63, 3.8) is 0 Å². The fraction of sp³-hybridized carbons (Fsp3) is 0.520. The Morgan fingerprint density at radius 3 is 2.76 bits per heavy atom. The normalized spacial score (nSPS) is 19.9. The van der Waals surface area contributed by atoms with Gasteiger partial charge in [0, 0.05) is 40.6 Å². The molecule has 2 fully saturated rings. The number of rotatable bonds is 8. The maximum Gasteiger partial charge on any atom is 0.195 e. The Hall–Kier alpha value is -1.87. The van der Waals surface area contributed by atoms with Crippen molar-refractivity contribution in [2.24, 2.45) is 0 Å². The van der Waals surface area contributed by atoms with Crippen LogP contribution in [-0.4, -0.2) is 58.3 Å². The third kappa shape index (κ3) is 5.45. The van der Waals surface area contributed by atoms with Crippen molar-refractivity contribution in [1.82, 2.24) is 19.7 Å². The van der Waals surface area contributed by atoms with Crippen LogP contribution in [0.2, 0.25) is 0 Å². The number of aryl methyl sites for hydroxylation is 1. The molecule has 1 aromatic carbocycles. The van der Waals surface area contributed by atoms with Crippen molar-refractivity contribution in [1.29, 1.82) is 0 Å². The highest BCUT2D eigenvalue weighted by Crippen LogP contribution is 2.34. The average Bonchev–Trinajstić information content (AvgIpc) is 3.60. The molecule has 0 bridgehead atoms. The molecule has 6 nitrogen and oxygen atoms in total. The summed E-state index contributed by atoms with van der Waals surface area (Å²) < 4.78 is 13.6. The molecule has 1 atom stereocenters. The van der Waals surface area contributed by atoms with Gasteiger partial charge in [-0.2, -0.15) is 0 Å². The van der Waals surface area contributed by atoms with Gasteiger partial charge in [0.05, 0.1) is 18.9 Å². The summed E-state index contributed by atoms with van der Waals surface area (Å²) in [6, 6.07) is 12.7. The van der Waals surface area contributed by atoms with E-state index in [0.717, 1.165) is 80.1 Å². The molecule has 0 radical (unpaired) electrons. The molecule has 33 heavy (non-hydrogen) atoms. The largest absolute Gasteiger partial charge is 0.497 e. The summed E-state index contributed by atoms with van der Waals surface area (Å²) in [4.78, 5) is 5.42. The fourth-order valence-electron chi connectivity index (χ4n) is 4.71. The molecule has 0 spiro atoms. The van der Waals surface area contributed by atoms with Crippen LogP contribution >= 0.6 is 23.1 Å². The van der Waals surface area contributed by atoms with Crippen molar-refractivity contribution in [2.75, 3.05) is 32.6 Å². The first kappa shape index (κ1) is 22.9. The quantitative estimate of drug-likeness (QED) is 0.405. The minimum Gasteiger partial charge on any atom is -0.497 e. The zero-order chi connectivity index (χ0) is 22.6. The van der Waals surface area contributed by atoms with E-state index in [2.05, 4.69) is 45.8 Å². The number of ether oxygens (including phenoxy) is 2. The molecule has 8 heteroatoms. The summed E-state index contributed by atoms with van der Waals surface area (Å²) in [6.45, 7) is 6.29. The first-order chi connectivity index (χ1) is 16.2. The van der Waals surface area contributed by atoms with Gasteiger partial charge in [0.25, 0.3) is 0 Å². The summed E-state index contributed by atoms with van der Waals surface area (Å²) in [5.41, 5.74) is 1.07. The van der Waals surface area contributed by atoms with Gasteiger partial charge in [-0.25, -0.2) is 0 Å². The smallest absolute Gasteiger partial charge is 0.195 e. The lowest BCUT2D eigenvalue weighted by Gasteiger charge is -2.31. The summed E-state index contributed by atoms with van der Waals surface area (Å²) in [5.74, 6) is 3.25. The van der Waals surface area contributed by atoms with Crippen molar-refractivity contribution in [3.05, 3.63) is 52.0 Å². The van der Waals surface area contributed by atoms with Crippen LogP contribution in [0.5, 0.6) is 5.75 Å². The molecule has 2 saturated heterocycles. The Balaban J connectivity index is 1.34. The monoisotopic (exact) mass is 484 g/mol. The Bertz CT molecular complexity index is 1050. The number of hydrogen-bond donors (Lipinski definition) is 0. The number of benzene rings is 1. The molecular weight excluding hydrogens is 452 g/mol. The first-order valence-corrected chi connectivity index (χ1v) is 13.6. The number of nitrogens with zero attached hydrogens (tertiary/aromatic N) is 4. The molecule has 176 valence electrons. The molecule has 2 aliphatic heterocycles. The molecule has 0 amide bonds. The number of piperidine rings is 1. The predicted molar refractivity (Wildman–Crippen MR) is 134 cm³/mol. The molecule has 3 aromatic rings. The van der Waals surface area contributed by atoms with Gasteiger partial charge in [-0.3, -0.25) is 9.47 Å². The standard InChI is InChI=1S/C25H32N4O2S2/c1-18-8-9-23(33-18)16-28-12-10-19(11-13-28)24-26-27-25(32-17-22-7-4-14-31-22)29(24)20-5-3-6-21(15-20)30-2/h3,5-6,8-9,15,19,22H,4,7,10-14,16-17H2,1-2H3/t22-/m0/s1. The van der Waals surface area contributed by atoms with Gasteiger partial charge in [-0.15, -0.1) is 21.5 Å². The van der Waals surface area contributed by atoms with Crippen molar-refractivity contribution in [2.45, 2.75) is 56.3 Å². The van der Waals surface area contributed by atoms with Crippen LogP contribution in [0, 0.1) is 6.92 Å². The van der Waals surface area contributed by atoms with Crippen LogP contribution < -0.4 is 4.74 Å². The molecule has 0 aliphatic carbocycles. The van der Waals surface area contributed by atoms with Gasteiger partial charge in [-0.1, -0.05) is 17.8 Å². The van der Waals surface area contributed by atoms with Crippen molar-refractivity contribution in [3.8, 4) is 11.4 Å². The van der Waals surface area contributed by atoms with Crippen LogP contribution in [0.4, 0.5) is 0 Å². The van der Waals surface area contributed by atoms with E-state index >= 15 is 0 Å². The van der Waals surface area contributed by atoms with E-state index in [-0.39, 0.29) is 0 Å². The summed E-state index contributed by atoms with van der Waals surface area (Å²) in [6.07, 6.45) is 4.81.